The Hall–Kier alpha value is -0.860. The quantitative estimate of drug-likeness (QED) is 0.674. The Kier molecular flexibility index (Phi) is 3.28. The van der Waals surface area contributed by atoms with Crippen molar-refractivity contribution in [3.8, 4) is 0 Å². The van der Waals surface area contributed by atoms with Gasteiger partial charge in [-0.15, -0.1) is 0 Å². The summed E-state index contributed by atoms with van der Waals surface area (Å²) in [5.74, 6) is 0.0912. The molecule has 2 aliphatic rings. The molecule has 0 spiro atoms. The largest absolute Gasteiger partial charge is 0.469 e. The number of carbonyl (C=O) groups excluding carboxylic acids is 2. The minimum atomic E-state index is -0.242. The molecule has 0 bridgehead atoms. The van der Waals surface area contributed by atoms with Crippen LogP contribution in [0.2, 0.25) is 0 Å². The van der Waals surface area contributed by atoms with Gasteiger partial charge in [0.05, 0.1) is 13.0 Å². The molecular weight excluding hydrogens is 228 g/mol. The van der Waals surface area contributed by atoms with Crippen LogP contribution in [0.4, 0.5) is 0 Å². The molecule has 102 valence electrons. The van der Waals surface area contributed by atoms with E-state index in [1.807, 2.05) is 0 Å². The maximum atomic E-state index is 12.0. The van der Waals surface area contributed by atoms with Gasteiger partial charge in [0.1, 0.15) is 5.78 Å². The molecule has 0 amide bonds. The van der Waals surface area contributed by atoms with E-state index in [1.54, 1.807) is 0 Å². The Morgan fingerprint density at radius 2 is 1.89 bits per heavy atom. The third-order valence-electron chi connectivity index (χ3n) is 5.42. The maximum absolute atomic E-state index is 12.0. The normalized spacial score (nSPS) is 39.0. The van der Waals surface area contributed by atoms with Crippen molar-refractivity contribution >= 4 is 11.8 Å². The average Bonchev–Trinajstić information content (AvgIpc) is 2.29. The number of methoxy groups -OCH3 is 1. The average molecular weight is 252 g/mol. The highest BCUT2D eigenvalue weighted by molar-refractivity contribution is 5.87. The van der Waals surface area contributed by atoms with E-state index in [4.69, 9.17) is 4.74 Å². The van der Waals surface area contributed by atoms with E-state index in [2.05, 4.69) is 20.8 Å². The van der Waals surface area contributed by atoms with Crippen molar-refractivity contribution < 1.29 is 14.3 Å². The lowest BCUT2D eigenvalue weighted by atomic mass is 9.48. The van der Waals surface area contributed by atoms with E-state index < -0.39 is 0 Å². The first kappa shape index (κ1) is 13.6. The van der Waals surface area contributed by atoms with Crippen LogP contribution < -0.4 is 0 Å². The van der Waals surface area contributed by atoms with Crippen LogP contribution in [-0.2, 0) is 14.3 Å². The highest BCUT2D eigenvalue weighted by Crippen LogP contribution is 2.59. The van der Waals surface area contributed by atoms with Gasteiger partial charge in [-0.2, -0.15) is 0 Å². The van der Waals surface area contributed by atoms with E-state index in [0.717, 1.165) is 19.3 Å². The number of esters is 1. The molecule has 0 aromatic carbocycles. The topological polar surface area (TPSA) is 43.4 Å². The molecule has 0 aromatic heterocycles. The van der Waals surface area contributed by atoms with Gasteiger partial charge in [-0.1, -0.05) is 27.2 Å². The molecule has 3 nitrogen and oxygen atoms in total. The second-order valence-electron chi connectivity index (χ2n) is 6.92. The third-order valence-corrected chi connectivity index (χ3v) is 5.42. The third kappa shape index (κ3) is 1.98. The van der Waals surface area contributed by atoms with Gasteiger partial charge in [-0.05, 0) is 29.6 Å². The summed E-state index contributed by atoms with van der Waals surface area (Å²) in [7, 11) is 1.42. The number of rotatable bonds is 1. The van der Waals surface area contributed by atoms with Crippen molar-refractivity contribution in [3.05, 3.63) is 0 Å². The fraction of sp³-hybridized carbons (Fsp3) is 0.867. The molecular formula is C15H24O3. The summed E-state index contributed by atoms with van der Waals surface area (Å²) >= 11 is 0. The van der Waals surface area contributed by atoms with Crippen LogP contribution in [0.25, 0.3) is 0 Å². The minimum absolute atomic E-state index is 0.0667. The molecule has 2 aliphatic carbocycles. The summed E-state index contributed by atoms with van der Waals surface area (Å²) in [6.45, 7) is 6.66. The van der Waals surface area contributed by atoms with E-state index in [0.29, 0.717) is 18.8 Å². The second kappa shape index (κ2) is 4.36. The molecule has 18 heavy (non-hydrogen) atoms. The van der Waals surface area contributed by atoms with E-state index in [-0.39, 0.29) is 28.5 Å². The van der Waals surface area contributed by atoms with E-state index in [9.17, 15) is 9.59 Å². The Morgan fingerprint density at radius 3 is 2.50 bits per heavy atom. The predicted molar refractivity (Wildman–Crippen MR) is 69.0 cm³/mol. The van der Waals surface area contributed by atoms with Gasteiger partial charge in [0.15, 0.2) is 0 Å². The SMILES string of the molecule is COC(=O)C1CC(=O)C[C@H]2C(C)(C)CCC[C@]12C. The van der Waals surface area contributed by atoms with Crippen molar-refractivity contribution in [2.75, 3.05) is 7.11 Å². The first-order chi connectivity index (χ1) is 8.31. The molecule has 2 fully saturated rings. The van der Waals surface area contributed by atoms with Crippen LogP contribution in [0.15, 0.2) is 0 Å². The molecule has 3 atom stereocenters. The van der Waals surface area contributed by atoms with Gasteiger partial charge in [-0.25, -0.2) is 0 Å². The van der Waals surface area contributed by atoms with Crippen LogP contribution in [-0.4, -0.2) is 18.9 Å². The van der Waals surface area contributed by atoms with Gasteiger partial charge >= 0.3 is 5.97 Å². The fourth-order valence-corrected chi connectivity index (χ4v) is 4.36. The number of fused-ring (bicyclic) bond motifs is 1. The smallest absolute Gasteiger partial charge is 0.309 e. The number of ketones is 1. The molecule has 2 saturated carbocycles. The zero-order valence-electron chi connectivity index (χ0n) is 11.9. The first-order valence-corrected chi connectivity index (χ1v) is 6.91. The van der Waals surface area contributed by atoms with Gasteiger partial charge in [0, 0.05) is 12.8 Å². The Balaban J connectivity index is 2.38. The molecule has 2 rings (SSSR count). The zero-order chi connectivity index (χ0) is 13.6. The van der Waals surface area contributed by atoms with Crippen molar-refractivity contribution in [3.63, 3.8) is 0 Å². The van der Waals surface area contributed by atoms with Crippen molar-refractivity contribution in [1.29, 1.82) is 0 Å². The molecule has 0 radical (unpaired) electrons. The minimum Gasteiger partial charge on any atom is -0.469 e. The summed E-state index contributed by atoms with van der Waals surface area (Å²) in [6, 6.07) is 0. The van der Waals surface area contributed by atoms with Crippen molar-refractivity contribution in [2.24, 2.45) is 22.7 Å². The summed E-state index contributed by atoms with van der Waals surface area (Å²) in [6.07, 6.45) is 4.33. The lowest BCUT2D eigenvalue weighted by Gasteiger charge is -2.55. The zero-order valence-corrected chi connectivity index (χ0v) is 11.9. The molecule has 0 heterocycles. The van der Waals surface area contributed by atoms with Crippen LogP contribution in [0.3, 0.4) is 0 Å². The summed E-state index contributed by atoms with van der Waals surface area (Å²) < 4.78 is 4.93. The molecule has 0 aliphatic heterocycles. The first-order valence-electron chi connectivity index (χ1n) is 6.91. The van der Waals surface area contributed by atoms with Crippen LogP contribution in [0.5, 0.6) is 0 Å². The number of carbonyl (C=O) groups is 2. The van der Waals surface area contributed by atoms with E-state index >= 15 is 0 Å². The molecule has 0 N–H and O–H groups in total. The number of hydrogen-bond donors (Lipinski definition) is 0. The lowest BCUT2D eigenvalue weighted by molar-refractivity contribution is -0.166. The summed E-state index contributed by atoms with van der Waals surface area (Å²) in [5.41, 5.74) is 0.0815. The van der Waals surface area contributed by atoms with Gasteiger partial charge in [0.2, 0.25) is 0 Å². The monoisotopic (exact) mass is 252 g/mol. The number of Topliss-reactive ketones (excluding diaryl/α,β-unsaturated/α-hetero) is 1. The number of ether oxygens (including phenoxy) is 1. The molecule has 1 unspecified atom stereocenters. The highest BCUT2D eigenvalue weighted by atomic mass is 16.5. The molecule has 0 aromatic rings. The Bertz CT molecular complexity index is 372. The van der Waals surface area contributed by atoms with Crippen molar-refractivity contribution in [1.82, 2.24) is 0 Å². The molecule has 3 heteroatoms. The lowest BCUT2D eigenvalue weighted by Crippen LogP contribution is -2.53. The summed E-state index contributed by atoms with van der Waals surface area (Å²) in [5, 5.41) is 0. The maximum Gasteiger partial charge on any atom is 0.309 e. The Labute approximate surface area is 109 Å². The van der Waals surface area contributed by atoms with Gasteiger partial charge < -0.3 is 4.74 Å². The fourth-order valence-electron chi connectivity index (χ4n) is 4.36. The second-order valence-corrected chi connectivity index (χ2v) is 6.92. The Morgan fingerprint density at radius 1 is 1.22 bits per heavy atom. The standard InChI is InChI=1S/C15H24O3/c1-14(2)6-5-7-15(3)11(13(17)18-4)8-10(16)9-12(14)15/h11-12H,5-9H2,1-4H3/t11?,12-,15+/m0/s1. The van der Waals surface area contributed by atoms with Gasteiger partial charge in [-0.3, -0.25) is 9.59 Å². The van der Waals surface area contributed by atoms with E-state index in [1.165, 1.54) is 7.11 Å². The van der Waals surface area contributed by atoms with Crippen LogP contribution in [0, 0.1) is 22.7 Å². The predicted octanol–water partition coefficient (Wildman–Crippen LogP) is 2.97. The highest BCUT2D eigenvalue weighted by Gasteiger charge is 2.56. The van der Waals surface area contributed by atoms with Gasteiger partial charge in [0.25, 0.3) is 0 Å². The number of hydrogen-bond acceptors (Lipinski definition) is 3. The summed E-state index contributed by atoms with van der Waals surface area (Å²) in [4.78, 5) is 24.0. The molecule has 0 saturated heterocycles. The van der Waals surface area contributed by atoms with Crippen molar-refractivity contribution in [2.45, 2.75) is 52.9 Å². The van der Waals surface area contributed by atoms with Crippen LogP contribution in [0.1, 0.15) is 52.9 Å². The van der Waals surface area contributed by atoms with Crippen LogP contribution >= 0.6 is 0 Å².